The fourth-order valence-electron chi connectivity index (χ4n) is 0.510. The van der Waals surface area contributed by atoms with Gasteiger partial charge in [-0.15, -0.1) is 0 Å². The molecule has 0 N–H and O–H groups in total. The van der Waals surface area contributed by atoms with Crippen molar-refractivity contribution < 1.29 is 4.74 Å². The van der Waals surface area contributed by atoms with Gasteiger partial charge in [-0.05, 0) is 12.8 Å². The molecule has 0 bridgehead atoms. The molecule has 0 radical (unpaired) electrons. The van der Waals surface area contributed by atoms with E-state index in [2.05, 4.69) is 0 Å². The second-order valence-corrected chi connectivity index (χ2v) is 1.32. The molecule has 1 rings (SSSR count). The average molecular weight is 114 g/mol. The van der Waals surface area contributed by atoms with Gasteiger partial charge in [-0.2, -0.15) is 0 Å². The zero-order valence-electron chi connectivity index (χ0n) is 3.24. The Balaban J connectivity index is 0.000000250. The molecular weight excluding hydrogens is 104 g/mol. The Hall–Kier alpha value is 1.22. The second kappa shape index (κ2) is 4.38. The van der Waals surface area contributed by atoms with Crippen LogP contribution in [-0.4, -0.2) is 51.0 Å². The van der Waals surface area contributed by atoms with Crippen molar-refractivity contribution in [1.82, 2.24) is 0 Å². The summed E-state index contributed by atoms with van der Waals surface area (Å²) in [5.41, 5.74) is 0. The number of rotatable bonds is 0. The monoisotopic (exact) mass is 114 g/mol. The van der Waals surface area contributed by atoms with E-state index < -0.39 is 0 Å². The van der Waals surface area contributed by atoms with Crippen molar-refractivity contribution in [3.63, 3.8) is 0 Å². The summed E-state index contributed by atoms with van der Waals surface area (Å²) in [6.45, 7) is 2.00. The first-order chi connectivity index (χ1) is 2.50. The SMILES string of the molecule is C1CCOC1.[CaH2]. The summed E-state index contributed by atoms with van der Waals surface area (Å²) in [6.07, 6.45) is 2.56. The van der Waals surface area contributed by atoms with Crippen LogP contribution in [0.1, 0.15) is 12.8 Å². The van der Waals surface area contributed by atoms with E-state index in [0.29, 0.717) is 0 Å². The molecular formula is C4H10CaO. The van der Waals surface area contributed by atoms with E-state index in [1.54, 1.807) is 0 Å². The van der Waals surface area contributed by atoms with Gasteiger partial charge in [0.1, 0.15) is 0 Å². The molecule has 0 atom stereocenters. The van der Waals surface area contributed by atoms with Crippen molar-refractivity contribution in [2.45, 2.75) is 12.8 Å². The molecule has 1 nitrogen and oxygen atoms in total. The van der Waals surface area contributed by atoms with E-state index >= 15 is 0 Å². The van der Waals surface area contributed by atoms with Crippen LogP contribution in [0.2, 0.25) is 0 Å². The van der Waals surface area contributed by atoms with Crippen LogP contribution in [-0.2, 0) is 4.74 Å². The molecule has 0 aromatic heterocycles. The number of ether oxygens (including phenoxy) is 1. The zero-order chi connectivity index (χ0) is 3.54. The molecule has 0 aromatic carbocycles. The molecule has 1 aliphatic heterocycles. The Morgan fingerprint density at radius 3 is 1.67 bits per heavy atom. The predicted octanol–water partition coefficient (Wildman–Crippen LogP) is -0.119. The van der Waals surface area contributed by atoms with Gasteiger partial charge in [0.2, 0.25) is 0 Å². The summed E-state index contributed by atoms with van der Waals surface area (Å²) in [5, 5.41) is 0. The number of hydrogen-bond acceptors (Lipinski definition) is 1. The molecule has 0 spiro atoms. The van der Waals surface area contributed by atoms with Crippen molar-refractivity contribution >= 4 is 37.7 Å². The Morgan fingerprint density at radius 2 is 1.50 bits per heavy atom. The first-order valence-corrected chi connectivity index (χ1v) is 2.08. The van der Waals surface area contributed by atoms with Crippen LogP contribution in [0.3, 0.4) is 0 Å². The third-order valence-electron chi connectivity index (χ3n) is 0.827. The van der Waals surface area contributed by atoms with Crippen molar-refractivity contribution in [2.75, 3.05) is 13.2 Å². The van der Waals surface area contributed by atoms with E-state index in [0.717, 1.165) is 13.2 Å². The van der Waals surface area contributed by atoms with Gasteiger partial charge in [0.25, 0.3) is 0 Å². The second-order valence-electron chi connectivity index (χ2n) is 1.32. The Kier molecular flexibility index (Phi) is 5.27. The van der Waals surface area contributed by atoms with Gasteiger partial charge in [0.15, 0.2) is 0 Å². The van der Waals surface area contributed by atoms with Crippen LogP contribution in [0, 0.1) is 0 Å². The van der Waals surface area contributed by atoms with Gasteiger partial charge in [0.05, 0.1) is 0 Å². The number of hydrogen-bond donors (Lipinski definition) is 0. The summed E-state index contributed by atoms with van der Waals surface area (Å²) >= 11 is 0. The van der Waals surface area contributed by atoms with Crippen LogP contribution in [0.15, 0.2) is 0 Å². The van der Waals surface area contributed by atoms with Gasteiger partial charge in [0, 0.05) is 13.2 Å². The van der Waals surface area contributed by atoms with Crippen molar-refractivity contribution in [1.29, 1.82) is 0 Å². The molecule has 0 aliphatic carbocycles. The first kappa shape index (κ1) is 7.22. The Morgan fingerprint density at radius 1 is 1.00 bits per heavy atom. The third kappa shape index (κ3) is 2.40. The molecule has 0 saturated carbocycles. The van der Waals surface area contributed by atoms with Crippen LogP contribution in [0.4, 0.5) is 0 Å². The summed E-state index contributed by atoms with van der Waals surface area (Å²) in [6, 6.07) is 0. The molecule has 2 heteroatoms. The Labute approximate surface area is 68.1 Å². The van der Waals surface area contributed by atoms with Crippen LogP contribution >= 0.6 is 0 Å². The molecule has 1 fully saturated rings. The maximum atomic E-state index is 4.94. The standard InChI is InChI=1S/C4H8O.Ca.2H/c1-2-4-5-3-1;;;/h1-4H2;;;. The average Bonchev–Trinajstić information content (AvgIpc) is 1.76. The molecule has 0 aromatic rings. The molecule has 0 amide bonds. The van der Waals surface area contributed by atoms with E-state index in [9.17, 15) is 0 Å². The fraction of sp³-hybridized carbons (Fsp3) is 1.00. The summed E-state index contributed by atoms with van der Waals surface area (Å²) in [4.78, 5) is 0. The molecule has 1 saturated heterocycles. The normalized spacial score (nSPS) is 20.0. The molecule has 1 heterocycles. The first-order valence-electron chi connectivity index (χ1n) is 2.08. The molecule has 0 unspecified atom stereocenters. The van der Waals surface area contributed by atoms with Crippen LogP contribution in [0.5, 0.6) is 0 Å². The van der Waals surface area contributed by atoms with Gasteiger partial charge >= 0.3 is 37.7 Å². The third-order valence-corrected chi connectivity index (χ3v) is 0.827. The van der Waals surface area contributed by atoms with E-state index in [1.807, 2.05) is 0 Å². The minimum atomic E-state index is 0. The minimum absolute atomic E-state index is 0. The van der Waals surface area contributed by atoms with Crippen molar-refractivity contribution in [2.24, 2.45) is 0 Å². The van der Waals surface area contributed by atoms with Crippen LogP contribution < -0.4 is 0 Å². The van der Waals surface area contributed by atoms with E-state index in [-0.39, 0.29) is 37.7 Å². The topological polar surface area (TPSA) is 9.23 Å². The fourth-order valence-corrected chi connectivity index (χ4v) is 0.510. The summed E-state index contributed by atoms with van der Waals surface area (Å²) < 4.78 is 4.94. The van der Waals surface area contributed by atoms with Gasteiger partial charge in [-0.3, -0.25) is 0 Å². The molecule has 1 aliphatic rings. The van der Waals surface area contributed by atoms with Gasteiger partial charge < -0.3 is 4.74 Å². The van der Waals surface area contributed by atoms with E-state index in [4.69, 9.17) is 4.74 Å². The van der Waals surface area contributed by atoms with Crippen molar-refractivity contribution in [3.05, 3.63) is 0 Å². The van der Waals surface area contributed by atoms with Gasteiger partial charge in [-0.25, -0.2) is 0 Å². The molecule has 6 heavy (non-hydrogen) atoms. The summed E-state index contributed by atoms with van der Waals surface area (Å²) in [5.74, 6) is 0. The van der Waals surface area contributed by atoms with Crippen molar-refractivity contribution in [3.8, 4) is 0 Å². The molecule has 34 valence electrons. The zero-order valence-corrected chi connectivity index (χ0v) is 3.24. The predicted molar refractivity (Wildman–Crippen MR) is 28.6 cm³/mol. The van der Waals surface area contributed by atoms with Crippen LogP contribution in [0.25, 0.3) is 0 Å². The maximum absolute atomic E-state index is 4.94. The summed E-state index contributed by atoms with van der Waals surface area (Å²) in [7, 11) is 0. The van der Waals surface area contributed by atoms with Gasteiger partial charge in [-0.1, -0.05) is 0 Å². The van der Waals surface area contributed by atoms with E-state index in [1.165, 1.54) is 12.8 Å². The Bertz CT molecular complexity index is 19.1. The quantitative estimate of drug-likeness (QED) is 0.399.